The van der Waals surface area contributed by atoms with Gasteiger partial charge < -0.3 is 10.1 Å². The molecule has 0 aromatic heterocycles. The van der Waals surface area contributed by atoms with E-state index in [9.17, 15) is 14.0 Å². The highest BCUT2D eigenvalue weighted by atomic mass is 19.1. The molecule has 2 aromatic rings. The van der Waals surface area contributed by atoms with Gasteiger partial charge in [0.1, 0.15) is 12.4 Å². The van der Waals surface area contributed by atoms with E-state index in [0.717, 1.165) is 11.6 Å². The number of hydrogen-bond donors (Lipinski definition) is 1. The lowest BCUT2D eigenvalue weighted by Gasteiger charge is -2.04. The predicted molar refractivity (Wildman–Crippen MR) is 87.9 cm³/mol. The van der Waals surface area contributed by atoms with Gasteiger partial charge in [-0.25, -0.2) is 9.18 Å². The van der Waals surface area contributed by atoms with Gasteiger partial charge in [-0.2, -0.15) is 0 Å². The van der Waals surface area contributed by atoms with Gasteiger partial charge in [0.15, 0.2) is 5.78 Å². The largest absolute Gasteiger partial charge is 0.445 e. The summed E-state index contributed by atoms with van der Waals surface area (Å²) in [5.74, 6) is 4.69. The van der Waals surface area contributed by atoms with E-state index in [1.807, 2.05) is 30.3 Å². The molecule has 0 aliphatic rings. The number of ether oxygens (including phenoxy) is 1. The molecule has 24 heavy (non-hydrogen) atoms. The topological polar surface area (TPSA) is 55.4 Å². The number of halogens is 1. The number of carbonyl (C=O) groups is 2. The Hall–Kier alpha value is -3.13. The second kappa shape index (κ2) is 8.49. The Morgan fingerprint density at radius 2 is 1.92 bits per heavy atom. The normalized spacial score (nSPS) is 9.58. The molecule has 0 fully saturated rings. The average Bonchev–Trinajstić information content (AvgIpc) is 2.58. The molecule has 2 rings (SSSR count). The van der Waals surface area contributed by atoms with Gasteiger partial charge >= 0.3 is 6.09 Å². The molecule has 122 valence electrons. The van der Waals surface area contributed by atoms with Gasteiger partial charge in [0.2, 0.25) is 0 Å². The molecule has 0 unspecified atom stereocenters. The number of carbonyl (C=O) groups excluding carboxylic acids is 2. The van der Waals surface area contributed by atoms with Crippen molar-refractivity contribution < 1.29 is 18.7 Å². The molecule has 2 aromatic carbocycles. The Labute approximate surface area is 139 Å². The van der Waals surface area contributed by atoms with E-state index in [1.54, 1.807) is 0 Å². The fraction of sp³-hybridized carbons (Fsp3) is 0.158. The van der Waals surface area contributed by atoms with Crippen LogP contribution in [0.15, 0.2) is 48.5 Å². The van der Waals surface area contributed by atoms with Gasteiger partial charge in [-0.05, 0) is 30.7 Å². The summed E-state index contributed by atoms with van der Waals surface area (Å²) in [6, 6.07) is 13.1. The highest BCUT2D eigenvalue weighted by Crippen LogP contribution is 2.10. The lowest BCUT2D eigenvalue weighted by Crippen LogP contribution is -2.24. The number of rotatable bonds is 4. The summed E-state index contributed by atoms with van der Waals surface area (Å²) in [6.45, 7) is 1.58. The first kappa shape index (κ1) is 17.2. The van der Waals surface area contributed by atoms with Crippen molar-refractivity contribution in [2.24, 2.45) is 0 Å². The minimum Gasteiger partial charge on any atom is -0.445 e. The summed E-state index contributed by atoms with van der Waals surface area (Å²) in [5, 5.41) is 2.49. The van der Waals surface area contributed by atoms with Crippen molar-refractivity contribution in [3.8, 4) is 11.8 Å². The molecule has 0 radical (unpaired) electrons. The molecule has 0 saturated carbocycles. The quantitative estimate of drug-likeness (QED) is 0.693. The van der Waals surface area contributed by atoms with Gasteiger partial charge in [0.25, 0.3) is 0 Å². The number of benzene rings is 2. The van der Waals surface area contributed by atoms with E-state index >= 15 is 0 Å². The fourth-order valence-electron chi connectivity index (χ4n) is 1.95. The zero-order chi connectivity index (χ0) is 17.4. The highest BCUT2D eigenvalue weighted by Gasteiger charge is 2.06. The van der Waals surface area contributed by atoms with Gasteiger partial charge in [0.05, 0.1) is 6.54 Å². The van der Waals surface area contributed by atoms with Gasteiger partial charge in [-0.15, -0.1) is 0 Å². The first-order valence-electron chi connectivity index (χ1n) is 7.30. The van der Waals surface area contributed by atoms with Gasteiger partial charge in [0, 0.05) is 11.1 Å². The van der Waals surface area contributed by atoms with Gasteiger partial charge in [-0.1, -0.05) is 42.2 Å². The monoisotopic (exact) mass is 325 g/mol. The van der Waals surface area contributed by atoms with Crippen LogP contribution in [0.3, 0.4) is 0 Å². The number of ketones is 1. The van der Waals surface area contributed by atoms with Crippen LogP contribution in [0.25, 0.3) is 0 Å². The van der Waals surface area contributed by atoms with Crippen molar-refractivity contribution in [2.75, 3.05) is 6.54 Å². The van der Waals surface area contributed by atoms with E-state index in [-0.39, 0.29) is 24.5 Å². The van der Waals surface area contributed by atoms with E-state index in [2.05, 4.69) is 17.2 Å². The Bertz CT molecular complexity index is 791. The molecule has 0 atom stereocenters. The number of Topliss-reactive ketones (excluding diaryl/α,β-unsaturated/α-hetero) is 1. The minimum absolute atomic E-state index is 0.0579. The third-order valence-corrected chi connectivity index (χ3v) is 3.12. The van der Waals surface area contributed by atoms with Crippen LogP contribution in [-0.4, -0.2) is 18.4 Å². The second-order valence-corrected chi connectivity index (χ2v) is 4.96. The van der Waals surface area contributed by atoms with Crippen molar-refractivity contribution >= 4 is 11.9 Å². The molecular formula is C19H16FNO3. The number of amides is 1. The van der Waals surface area contributed by atoms with Crippen LogP contribution in [0.2, 0.25) is 0 Å². The predicted octanol–water partition coefficient (Wildman–Crippen LogP) is 3.31. The number of hydrogen-bond acceptors (Lipinski definition) is 3. The zero-order valence-electron chi connectivity index (χ0n) is 13.1. The first-order chi connectivity index (χ1) is 11.6. The maximum absolute atomic E-state index is 13.2. The van der Waals surface area contributed by atoms with Crippen LogP contribution in [-0.2, 0) is 11.3 Å². The molecule has 0 bridgehead atoms. The Kier molecular flexibility index (Phi) is 6.09. The second-order valence-electron chi connectivity index (χ2n) is 4.96. The summed E-state index contributed by atoms with van der Waals surface area (Å²) in [6.07, 6.45) is -0.584. The summed E-state index contributed by atoms with van der Waals surface area (Å²) in [7, 11) is 0. The van der Waals surface area contributed by atoms with E-state index < -0.39 is 11.9 Å². The third-order valence-electron chi connectivity index (χ3n) is 3.12. The summed E-state index contributed by atoms with van der Waals surface area (Å²) in [4.78, 5) is 23.0. The summed E-state index contributed by atoms with van der Waals surface area (Å²) in [5.41, 5.74) is 1.52. The van der Waals surface area contributed by atoms with Crippen LogP contribution in [0.4, 0.5) is 9.18 Å². The number of nitrogens with one attached hydrogen (secondary N) is 1. The van der Waals surface area contributed by atoms with E-state index in [4.69, 9.17) is 4.74 Å². The standard InChI is InChI=1S/C19H16FNO3/c1-14(22)18-12-17(20)10-9-16(18)8-5-11-21-19(23)24-13-15-6-3-2-4-7-15/h2-4,6-7,9-10,12H,11,13H2,1H3,(H,21,23). The maximum Gasteiger partial charge on any atom is 0.408 e. The van der Waals surface area contributed by atoms with Crippen molar-refractivity contribution in [3.05, 3.63) is 71.0 Å². The summed E-state index contributed by atoms with van der Waals surface area (Å²) >= 11 is 0. The summed E-state index contributed by atoms with van der Waals surface area (Å²) < 4.78 is 18.2. The lowest BCUT2D eigenvalue weighted by molar-refractivity contribution is 0.101. The third kappa shape index (κ3) is 5.25. The molecule has 4 nitrogen and oxygen atoms in total. The molecule has 0 heterocycles. The van der Waals surface area contributed by atoms with Gasteiger partial charge in [-0.3, -0.25) is 4.79 Å². The Morgan fingerprint density at radius 1 is 1.17 bits per heavy atom. The minimum atomic E-state index is -0.584. The van der Waals surface area contributed by atoms with Crippen molar-refractivity contribution in [2.45, 2.75) is 13.5 Å². The smallest absolute Gasteiger partial charge is 0.408 e. The van der Waals surface area contributed by atoms with Crippen LogP contribution >= 0.6 is 0 Å². The van der Waals surface area contributed by atoms with Crippen LogP contribution in [0.5, 0.6) is 0 Å². The molecular weight excluding hydrogens is 309 g/mol. The molecule has 5 heteroatoms. The average molecular weight is 325 g/mol. The Balaban J connectivity index is 1.85. The molecule has 0 aliphatic heterocycles. The van der Waals surface area contributed by atoms with Crippen molar-refractivity contribution in [1.82, 2.24) is 5.32 Å². The Morgan fingerprint density at radius 3 is 2.62 bits per heavy atom. The zero-order valence-corrected chi connectivity index (χ0v) is 13.1. The van der Waals surface area contributed by atoms with Crippen LogP contribution in [0.1, 0.15) is 28.4 Å². The van der Waals surface area contributed by atoms with E-state index in [0.29, 0.717) is 5.56 Å². The SMILES string of the molecule is CC(=O)c1cc(F)ccc1C#CCNC(=O)OCc1ccccc1. The van der Waals surface area contributed by atoms with Crippen molar-refractivity contribution in [3.63, 3.8) is 0 Å². The lowest BCUT2D eigenvalue weighted by atomic mass is 10.0. The van der Waals surface area contributed by atoms with E-state index in [1.165, 1.54) is 19.1 Å². The fourth-order valence-corrected chi connectivity index (χ4v) is 1.95. The first-order valence-corrected chi connectivity index (χ1v) is 7.30. The molecule has 0 spiro atoms. The van der Waals surface area contributed by atoms with Crippen molar-refractivity contribution in [1.29, 1.82) is 0 Å². The maximum atomic E-state index is 13.2. The molecule has 0 saturated heterocycles. The highest BCUT2D eigenvalue weighted by molar-refractivity contribution is 5.96. The number of alkyl carbamates (subject to hydrolysis) is 1. The van der Waals surface area contributed by atoms with Crippen LogP contribution < -0.4 is 5.32 Å². The molecule has 1 N–H and O–H groups in total. The molecule has 1 amide bonds. The molecule has 0 aliphatic carbocycles. The van der Waals surface area contributed by atoms with Crippen LogP contribution in [0, 0.1) is 17.7 Å².